The lowest BCUT2D eigenvalue weighted by Crippen LogP contribution is -2.18. The molecule has 0 unspecified atom stereocenters. The zero-order chi connectivity index (χ0) is 15.6. The van der Waals surface area contributed by atoms with Crippen molar-refractivity contribution in [3.8, 4) is 5.75 Å². The highest BCUT2D eigenvalue weighted by Gasteiger charge is 2.26. The average Bonchev–Trinajstić information content (AvgIpc) is 2.81. The molecule has 2 rings (SSSR count). The molecular formula is C18H27NO2. The zero-order valence-electron chi connectivity index (χ0n) is 14.1. The quantitative estimate of drug-likeness (QED) is 0.885. The van der Waals surface area contributed by atoms with Crippen molar-refractivity contribution in [2.24, 2.45) is 0 Å². The van der Waals surface area contributed by atoms with E-state index in [0.29, 0.717) is 0 Å². The van der Waals surface area contributed by atoms with Gasteiger partial charge in [0.25, 0.3) is 0 Å². The third-order valence-electron chi connectivity index (χ3n) is 3.80. The summed E-state index contributed by atoms with van der Waals surface area (Å²) in [6.45, 7) is 12.7. The first-order valence-corrected chi connectivity index (χ1v) is 7.75. The molecule has 1 heterocycles. The lowest BCUT2D eigenvalue weighted by atomic mass is 9.84. The fourth-order valence-electron chi connectivity index (χ4n) is 2.82. The van der Waals surface area contributed by atoms with E-state index in [9.17, 15) is 0 Å². The van der Waals surface area contributed by atoms with E-state index in [1.807, 2.05) is 0 Å². The Morgan fingerprint density at radius 2 is 1.90 bits per heavy atom. The molecule has 0 bridgehead atoms. The number of fused-ring (bicyclic) bond motifs is 1. The van der Waals surface area contributed by atoms with Crippen molar-refractivity contribution < 1.29 is 9.15 Å². The minimum atomic E-state index is 0.0351. The van der Waals surface area contributed by atoms with E-state index in [-0.39, 0.29) is 5.41 Å². The Morgan fingerprint density at radius 1 is 1.19 bits per heavy atom. The van der Waals surface area contributed by atoms with Crippen molar-refractivity contribution in [1.29, 1.82) is 0 Å². The van der Waals surface area contributed by atoms with Gasteiger partial charge in [-0.15, -0.1) is 0 Å². The smallest absolute Gasteiger partial charge is 0.176 e. The number of furan rings is 1. The van der Waals surface area contributed by atoms with Gasteiger partial charge in [0.05, 0.1) is 13.7 Å². The van der Waals surface area contributed by atoms with Gasteiger partial charge >= 0.3 is 0 Å². The first-order chi connectivity index (χ1) is 9.92. The summed E-state index contributed by atoms with van der Waals surface area (Å²) >= 11 is 0. The maximum absolute atomic E-state index is 6.16. The van der Waals surface area contributed by atoms with E-state index >= 15 is 0 Å². The highest BCUT2D eigenvalue weighted by molar-refractivity contribution is 5.89. The summed E-state index contributed by atoms with van der Waals surface area (Å²) in [6.07, 6.45) is 0.990. The second-order valence-electron chi connectivity index (χ2n) is 6.46. The van der Waals surface area contributed by atoms with Crippen LogP contribution < -0.4 is 10.1 Å². The monoisotopic (exact) mass is 289 g/mol. The molecule has 116 valence electrons. The van der Waals surface area contributed by atoms with E-state index in [2.05, 4.69) is 52.1 Å². The maximum Gasteiger partial charge on any atom is 0.176 e. The van der Waals surface area contributed by atoms with Crippen LogP contribution in [0.25, 0.3) is 11.0 Å². The van der Waals surface area contributed by atoms with Crippen molar-refractivity contribution >= 4 is 11.0 Å². The molecule has 3 heteroatoms. The standard InChI is InChI=1S/C18H27NO2/c1-7-12-9-13-16(18(3,4)5)15(11-19-8-2)21-17(13)14(10-12)20-6/h9-10,19H,7-8,11H2,1-6H3. The molecule has 0 amide bonds. The molecule has 1 N–H and O–H groups in total. The fraction of sp³-hybridized carbons (Fsp3) is 0.556. The molecule has 0 radical (unpaired) electrons. The first-order valence-electron chi connectivity index (χ1n) is 7.75. The van der Waals surface area contributed by atoms with Crippen molar-refractivity contribution in [2.45, 2.75) is 53.0 Å². The molecule has 0 aliphatic heterocycles. The Morgan fingerprint density at radius 3 is 2.43 bits per heavy atom. The Labute approximate surface area is 127 Å². The Kier molecular flexibility index (Phi) is 4.62. The van der Waals surface area contributed by atoms with Gasteiger partial charge in [0, 0.05) is 10.9 Å². The van der Waals surface area contributed by atoms with Crippen molar-refractivity contribution in [3.63, 3.8) is 0 Å². The molecule has 3 nitrogen and oxygen atoms in total. The van der Waals surface area contributed by atoms with E-state index in [1.165, 1.54) is 16.5 Å². The number of hydrogen-bond donors (Lipinski definition) is 1. The molecule has 2 aromatic rings. The molecule has 0 fully saturated rings. The van der Waals surface area contributed by atoms with Crippen LogP contribution >= 0.6 is 0 Å². The van der Waals surface area contributed by atoms with Gasteiger partial charge < -0.3 is 14.5 Å². The van der Waals surface area contributed by atoms with Gasteiger partial charge in [0.2, 0.25) is 0 Å². The van der Waals surface area contributed by atoms with Crippen LogP contribution in [0.1, 0.15) is 51.5 Å². The number of aryl methyl sites for hydroxylation is 1. The molecule has 1 aromatic heterocycles. The lowest BCUT2D eigenvalue weighted by molar-refractivity contribution is 0.404. The van der Waals surface area contributed by atoms with Crippen LogP contribution in [0.2, 0.25) is 0 Å². The number of nitrogens with one attached hydrogen (secondary N) is 1. The largest absolute Gasteiger partial charge is 0.493 e. The molecule has 1 aromatic carbocycles. The van der Waals surface area contributed by atoms with E-state index in [1.54, 1.807) is 7.11 Å². The normalized spacial score (nSPS) is 12.1. The van der Waals surface area contributed by atoms with Crippen LogP contribution in [0, 0.1) is 0 Å². The summed E-state index contributed by atoms with van der Waals surface area (Å²) in [6, 6.07) is 4.33. The number of benzene rings is 1. The number of ether oxygens (including phenoxy) is 1. The predicted molar refractivity (Wildman–Crippen MR) is 88.2 cm³/mol. The molecule has 0 saturated heterocycles. The van der Waals surface area contributed by atoms with Crippen LogP contribution in [-0.2, 0) is 18.4 Å². The topological polar surface area (TPSA) is 34.4 Å². The maximum atomic E-state index is 6.16. The summed E-state index contributed by atoms with van der Waals surface area (Å²) in [4.78, 5) is 0. The van der Waals surface area contributed by atoms with Gasteiger partial charge in [-0.25, -0.2) is 0 Å². The highest BCUT2D eigenvalue weighted by atomic mass is 16.5. The first kappa shape index (κ1) is 15.9. The van der Waals surface area contributed by atoms with Gasteiger partial charge in [-0.05, 0) is 36.1 Å². The average molecular weight is 289 g/mol. The molecule has 0 spiro atoms. The number of hydrogen-bond acceptors (Lipinski definition) is 3. The SMILES string of the molecule is CCNCc1oc2c(OC)cc(CC)cc2c1C(C)(C)C. The third kappa shape index (κ3) is 3.08. The minimum Gasteiger partial charge on any atom is -0.493 e. The van der Waals surface area contributed by atoms with Crippen LogP contribution in [0.5, 0.6) is 5.75 Å². The van der Waals surface area contributed by atoms with E-state index < -0.39 is 0 Å². The molecule has 0 saturated carbocycles. The van der Waals surface area contributed by atoms with Gasteiger partial charge in [0.15, 0.2) is 11.3 Å². The molecular weight excluding hydrogens is 262 g/mol. The summed E-state index contributed by atoms with van der Waals surface area (Å²) in [5.74, 6) is 1.85. The van der Waals surface area contributed by atoms with Gasteiger partial charge in [-0.1, -0.05) is 34.6 Å². The summed E-state index contributed by atoms with van der Waals surface area (Å²) in [5, 5.41) is 4.56. The van der Waals surface area contributed by atoms with Crippen LogP contribution in [0.15, 0.2) is 16.5 Å². The Hall–Kier alpha value is -1.48. The third-order valence-corrected chi connectivity index (χ3v) is 3.80. The van der Waals surface area contributed by atoms with Crippen LogP contribution in [0.3, 0.4) is 0 Å². The fourth-order valence-corrected chi connectivity index (χ4v) is 2.82. The van der Waals surface area contributed by atoms with Crippen molar-refractivity contribution in [3.05, 3.63) is 29.0 Å². The second kappa shape index (κ2) is 6.10. The summed E-state index contributed by atoms with van der Waals surface area (Å²) in [7, 11) is 1.71. The Balaban J connectivity index is 2.73. The highest BCUT2D eigenvalue weighted by Crippen LogP contribution is 2.40. The predicted octanol–water partition coefficient (Wildman–Crippen LogP) is 4.41. The van der Waals surface area contributed by atoms with Gasteiger partial charge in [-0.3, -0.25) is 0 Å². The molecule has 21 heavy (non-hydrogen) atoms. The number of rotatable bonds is 5. The second-order valence-corrected chi connectivity index (χ2v) is 6.46. The van der Waals surface area contributed by atoms with Crippen LogP contribution in [0.4, 0.5) is 0 Å². The number of methoxy groups -OCH3 is 1. The Bertz CT molecular complexity index is 620. The van der Waals surface area contributed by atoms with E-state index in [0.717, 1.165) is 36.6 Å². The van der Waals surface area contributed by atoms with Crippen LogP contribution in [-0.4, -0.2) is 13.7 Å². The van der Waals surface area contributed by atoms with Crippen molar-refractivity contribution in [1.82, 2.24) is 5.32 Å². The lowest BCUT2D eigenvalue weighted by Gasteiger charge is -2.19. The van der Waals surface area contributed by atoms with Crippen molar-refractivity contribution in [2.75, 3.05) is 13.7 Å². The molecule has 0 aliphatic rings. The zero-order valence-corrected chi connectivity index (χ0v) is 14.1. The minimum absolute atomic E-state index is 0.0351. The summed E-state index contributed by atoms with van der Waals surface area (Å²) in [5.41, 5.74) is 3.47. The molecule has 0 aliphatic carbocycles. The molecule has 0 atom stereocenters. The van der Waals surface area contributed by atoms with Gasteiger partial charge in [0.1, 0.15) is 5.76 Å². The van der Waals surface area contributed by atoms with Gasteiger partial charge in [-0.2, -0.15) is 0 Å². The summed E-state index contributed by atoms with van der Waals surface area (Å²) < 4.78 is 11.7. The van der Waals surface area contributed by atoms with E-state index in [4.69, 9.17) is 9.15 Å².